The lowest BCUT2D eigenvalue weighted by Crippen LogP contribution is -2.07. The van der Waals surface area contributed by atoms with Gasteiger partial charge in [0, 0.05) is 6.20 Å². The number of imidazole rings is 1. The van der Waals surface area contributed by atoms with Crippen LogP contribution in [0.4, 0.5) is 8.78 Å². The Morgan fingerprint density at radius 1 is 1.53 bits per heavy atom. The fourth-order valence-electron chi connectivity index (χ4n) is 1.43. The van der Waals surface area contributed by atoms with Crippen LogP contribution in [0.15, 0.2) is 24.5 Å². The van der Waals surface area contributed by atoms with Gasteiger partial charge in [-0.3, -0.25) is 4.40 Å². The Morgan fingerprint density at radius 2 is 2.29 bits per heavy atom. The maximum absolute atomic E-state index is 12.1. The van der Waals surface area contributed by atoms with Crippen molar-refractivity contribution in [3.63, 3.8) is 0 Å². The van der Waals surface area contributed by atoms with Crippen LogP contribution in [0.3, 0.4) is 0 Å². The van der Waals surface area contributed by atoms with Crippen molar-refractivity contribution in [3.8, 4) is 5.75 Å². The maximum Gasteiger partial charge on any atom is 0.387 e. The number of alkyl halides is 2. The molecule has 5 nitrogen and oxygen atoms in total. The minimum Gasteiger partial charge on any atom is -0.464 e. The van der Waals surface area contributed by atoms with Crippen LogP contribution in [-0.2, 0) is 4.74 Å². The number of halogens is 2. The third kappa shape index (κ3) is 2.03. The first-order valence-electron chi connectivity index (χ1n) is 4.62. The smallest absolute Gasteiger partial charge is 0.387 e. The largest absolute Gasteiger partial charge is 0.464 e. The van der Waals surface area contributed by atoms with E-state index in [1.165, 1.54) is 36.0 Å². The molecule has 0 aliphatic rings. The van der Waals surface area contributed by atoms with Gasteiger partial charge in [0.25, 0.3) is 0 Å². The topological polar surface area (TPSA) is 52.8 Å². The lowest BCUT2D eigenvalue weighted by molar-refractivity contribution is -0.0491. The Labute approximate surface area is 94.6 Å². The normalized spacial score (nSPS) is 10.8. The number of ether oxygens (including phenoxy) is 2. The lowest BCUT2D eigenvalue weighted by atomic mass is 10.4. The summed E-state index contributed by atoms with van der Waals surface area (Å²) in [7, 11) is 1.22. The molecule has 2 aromatic rings. The number of hydrogen-bond donors (Lipinski definition) is 0. The number of esters is 1. The molecule has 0 aliphatic carbocycles. The highest BCUT2D eigenvalue weighted by atomic mass is 19.3. The number of pyridine rings is 1. The van der Waals surface area contributed by atoms with Crippen LogP contribution < -0.4 is 4.74 Å². The monoisotopic (exact) mass is 242 g/mol. The number of carbonyl (C=O) groups excluding carboxylic acids is 1. The van der Waals surface area contributed by atoms with Crippen LogP contribution in [0.25, 0.3) is 5.65 Å². The Bertz CT molecular complexity index is 553. The molecule has 0 radical (unpaired) electrons. The second-order valence-electron chi connectivity index (χ2n) is 3.08. The molecule has 0 atom stereocenters. The van der Waals surface area contributed by atoms with Crippen molar-refractivity contribution in [3.05, 3.63) is 30.2 Å². The number of aromatic nitrogens is 2. The van der Waals surface area contributed by atoms with Crippen molar-refractivity contribution in [1.29, 1.82) is 0 Å². The van der Waals surface area contributed by atoms with Crippen molar-refractivity contribution in [1.82, 2.24) is 9.38 Å². The van der Waals surface area contributed by atoms with Crippen LogP contribution in [0.1, 0.15) is 10.5 Å². The molecule has 0 bridgehead atoms. The predicted octanol–water partition coefficient (Wildman–Crippen LogP) is 1.72. The summed E-state index contributed by atoms with van der Waals surface area (Å²) in [6.07, 6.45) is 2.74. The number of methoxy groups -OCH3 is 1. The van der Waals surface area contributed by atoms with Gasteiger partial charge in [-0.2, -0.15) is 8.78 Å². The molecule has 0 N–H and O–H groups in total. The van der Waals surface area contributed by atoms with Gasteiger partial charge in [0.1, 0.15) is 0 Å². The summed E-state index contributed by atoms with van der Waals surface area (Å²) in [4.78, 5) is 15.2. The van der Waals surface area contributed by atoms with Gasteiger partial charge in [0.2, 0.25) is 0 Å². The minimum atomic E-state index is -2.94. The fourth-order valence-corrected chi connectivity index (χ4v) is 1.43. The van der Waals surface area contributed by atoms with Gasteiger partial charge in [-0.25, -0.2) is 9.78 Å². The van der Waals surface area contributed by atoms with Crippen molar-refractivity contribution in [2.24, 2.45) is 0 Å². The Kier molecular flexibility index (Phi) is 2.90. The second kappa shape index (κ2) is 4.36. The molecule has 2 rings (SSSR count). The Hall–Kier alpha value is -2.18. The Balaban J connectivity index is 2.52. The molecule has 90 valence electrons. The van der Waals surface area contributed by atoms with Crippen LogP contribution in [0.2, 0.25) is 0 Å². The van der Waals surface area contributed by atoms with Gasteiger partial charge in [-0.05, 0) is 12.1 Å². The van der Waals surface area contributed by atoms with Crippen LogP contribution in [0, 0.1) is 0 Å². The van der Waals surface area contributed by atoms with Crippen LogP contribution >= 0.6 is 0 Å². The standard InChI is InChI=1S/C10H8F2N2O3/c1-16-9(15)6-5-13-8-7(17-10(11)12)3-2-4-14(6)8/h2-5,10H,1H3. The molecule has 0 aromatic carbocycles. The summed E-state index contributed by atoms with van der Waals surface area (Å²) in [6.45, 7) is -2.94. The molecule has 7 heteroatoms. The fraction of sp³-hybridized carbons (Fsp3) is 0.200. The van der Waals surface area contributed by atoms with Gasteiger partial charge in [-0.1, -0.05) is 0 Å². The van der Waals surface area contributed by atoms with Gasteiger partial charge in [-0.15, -0.1) is 0 Å². The van der Waals surface area contributed by atoms with Gasteiger partial charge < -0.3 is 9.47 Å². The van der Waals surface area contributed by atoms with E-state index < -0.39 is 12.6 Å². The molecule has 17 heavy (non-hydrogen) atoms. The van der Waals surface area contributed by atoms with E-state index in [1.807, 2.05) is 0 Å². The zero-order chi connectivity index (χ0) is 12.4. The van der Waals surface area contributed by atoms with E-state index in [9.17, 15) is 13.6 Å². The number of nitrogens with zero attached hydrogens (tertiary/aromatic N) is 2. The first kappa shape index (κ1) is 11.3. The summed E-state index contributed by atoms with van der Waals surface area (Å²) in [5.74, 6) is -0.704. The molecular weight excluding hydrogens is 234 g/mol. The Morgan fingerprint density at radius 3 is 2.94 bits per heavy atom. The first-order valence-corrected chi connectivity index (χ1v) is 4.62. The average molecular weight is 242 g/mol. The van der Waals surface area contributed by atoms with Crippen molar-refractivity contribution >= 4 is 11.6 Å². The molecule has 2 aromatic heterocycles. The molecule has 0 unspecified atom stereocenters. The first-order chi connectivity index (χ1) is 8.13. The van der Waals surface area contributed by atoms with Crippen LogP contribution in [0.5, 0.6) is 5.75 Å². The van der Waals surface area contributed by atoms with E-state index in [-0.39, 0.29) is 17.1 Å². The highest BCUT2D eigenvalue weighted by Crippen LogP contribution is 2.21. The zero-order valence-electron chi connectivity index (χ0n) is 8.76. The number of carbonyl (C=O) groups is 1. The summed E-state index contributed by atoms with van der Waals surface area (Å²) in [5.41, 5.74) is 0.274. The predicted molar refractivity (Wildman–Crippen MR) is 53.2 cm³/mol. The van der Waals surface area contributed by atoms with E-state index in [2.05, 4.69) is 14.5 Å². The third-order valence-electron chi connectivity index (χ3n) is 2.11. The van der Waals surface area contributed by atoms with Gasteiger partial charge in [0.15, 0.2) is 17.1 Å². The molecule has 0 fully saturated rings. The summed E-state index contributed by atoms with van der Waals surface area (Å²) >= 11 is 0. The third-order valence-corrected chi connectivity index (χ3v) is 2.11. The molecule has 0 saturated heterocycles. The quantitative estimate of drug-likeness (QED) is 0.769. The van der Waals surface area contributed by atoms with E-state index in [0.29, 0.717) is 0 Å². The number of rotatable bonds is 3. The number of hydrogen-bond acceptors (Lipinski definition) is 4. The van der Waals surface area contributed by atoms with Crippen molar-refractivity contribution < 1.29 is 23.0 Å². The van der Waals surface area contributed by atoms with Gasteiger partial charge >= 0.3 is 12.6 Å². The molecular formula is C10H8F2N2O3. The highest BCUT2D eigenvalue weighted by Gasteiger charge is 2.16. The maximum atomic E-state index is 12.1. The average Bonchev–Trinajstić information content (AvgIpc) is 2.72. The highest BCUT2D eigenvalue weighted by molar-refractivity contribution is 5.88. The van der Waals surface area contributed by atoms with Crippen LogP contribution in [-0.4, -0.2) is 29.1 Å². The summed E-state index contributed by atoms with van der Waals surface area (Å²) < 4.78 is 34.4. The molecule has 0 spiro atoms. The van der Waals surface area contributed by atoms with E-state index in [0.717, 1.165) is 0 Å². The van der Waals surface area contributed by atoms with E-state index in [1.54, 1.807) is 0 Å². The second-order valence-corrected chi connectivity index (χ2v) is 3.08. The molecule has 0 saturated carbocycles. The van der Waals surface area contributed by atoms with E-state index >= 15 is 0 Å². The summed E-state index contributed by atoms with van der Waals surface area (Å²) in [5, 5.41) is 0. The molecule has 0 amide bonds. The van der Waals surface area contributed by atoms with Crippen molar-refractivity contribution in [2.45, 2.75) is 6.61 Å². The molecule has 0 aliphatic heterocycles. The SMILES string of the molecule is COC(=O)c1cnc2c(OC(F)F)cccn12. The zero-order valence-corrected chi connectivity index (χ0v) is 8.76. The molecule has 2 heterocycles. The summed E-state index contributed by atoms with van der Waals surface area (Å²) in [6, 6.07) is 2.81. The van der Waals surface area contributed by atoms with E-state index in [4.69, 9.17) is 0 Å². The van der Waals surface area contributed by atoms with Gasteiger partial charge in [0.05, 0.1) is 13.3 Å². The minimum absolute atomic E-state index is 0.0994. The lowest BCUT2D eigenvalue weighted by Gasteiger charge is -2.06. The number of fused-ring (bicyclic) bond motifs is 1. The van der Waals surface area contributed by atoms with Crippen molar-refractivity contribution in [2.75, 3.05) is 7.11 Å².